The minimum absolute atomic E-state index is 0.232. The molecule has 0 saturated heterocycles. The van der Waals surface area contributed by atoms with E-state index in [0.717, 1.165) is 34.1 Å². The Balaban J connectivity index is 1.51. The highest BCUT2D eigenvalue weighted by Crippen LogP contribution is 2.33. The summed E-state index contributed by atoms with van der Waals surface area (Å²) in [7, 11) is 0. The van der Waals surface area contributed by atoms with E-state index in [4.69, 9.17) is 26.4 Å². The average molecular weight is 439 g/mol. The first-order valence-corrected chi connectivity index (χ1v) is 10.4. The second-order valence-corrected chi connectivity index (χ2v) is 7.44. The van der Waals surface area contributed by atoms with Crippen molar-refractivity contribution in [2.75, 3.05) is 18.7 Å². The van der Waals surface area contributed by atoms with Crippen molar-refractivity contribution < 1.29 is 18.6 Å². The highest BCUT2D eigenvalue weighted by atomic mass is 32.1. The number of ether oxygens (including phenoxy) is 3. The van der Waals surface area contributed by atoms with Crippen LogP contribution in [0.2, 0.25) is 0 Å². The van der Waals surface area contributed by atoms with Crippen molar-refractivity contribution in [3.8, 4) is 17.2 Å². The number of hydrogen-bond donors (Lipinski definition) is 1. The third kappa shape index (κ3) is 5.44. The number of halogens is 1. The molecule has 0 amide bonds. The first kappa shape index (κ1) is 20.9. The lowest BCUT2D eigenvalue weighted by Gasteiger charge is -2.26. The minimum atomic E-state index is -0.263. The lowest BCUT2D eigenvalue weighted by molar-refractivity contribution is 0.174. The summed E-state index contributed by atoms with van der Waals surface area (Å²) in [4.78, 5) is 2.02. The van der Waals surface area contributed by atoms with E-state index in [0.29, 0.717) is 24.8 Å². The van der Waals surface area contributed by atoms with Crippen LogP contribution >= 0.6 is 12.2 Å². The molecule has 0 spiro atoms. The predicted octanol–water partition coefficient (Wildman–Crippen LogP) is 5.35. The van der Waals surface area contributed by atoms with Crippen LogP contribution in [0.25, 0.3) is 0 Å². The lowest BCUT2D eigenvalue weighted by atomic mass is 10.1. The van der Waals surface area contributed by atoms with Gasteiger partial charge in [0.2, 0.25) is 6.79 Å². The van der Waals surface area contributed by atoms with Gasteiger partial charge in [0.15, 0.2) is 16.6 Å². The fraction of sp³-hybridized carbons (Fsp3) is 0.208. The summed E-state index contributed by atoms with van der Waals surface area (Å²) in [6, 6.07) is 19.9. The number of nitrogens with zero attached hydrogens (tertiary/aromatic N) is 1. The van der Waals surface area contributed by atoms with Gasteiger partial charge in [0.1, 0.15) is 11.6 Å². The van der Waals surface area contributed by atoms with E-state index in [-0.39, 0.29) is 12.6 Å². The molecule has 0 aromatic heterocycles. The van der Waals surface area contributed by atoms with Crippen molar-refractivity contribution in [3.63, 3.8) is 0 Å². The molecule has 4 rings (SSSR count). The van der Waals surface area contributed by atoms with Crippen molar-refractivity contribution in [1.29, 1.82) is 0 Å². The Morgan fingerprint density at radius 1 is 0.968 bits per heavy atom. The molecule has 7 heteroatoms. The third-order valence-corrected chi connectivity index (χ3v) is 5.16. The Labute approximate surface area is 186 Å². The van der Waals surface area contributed by atoms with E-state index in [1.165, 1.54) is 12.1 Å². The zero-order valence-corrected chi connectivity index (χ0v) is 18.0. The molecule has 31 heavy (non-hydrogen) atoms. The number of hydrogen-bond acceptors (Lipinski definition) is 4. The molecule has 0 atom stereocenters. The highest BCUT2D eigenvalue weighted by molar-refractivity contribution is 7.80. The van der Waals surface area contributed by atoms with Gasteiger partial charge in [-0.2, -0.15) is 0 Å². The Bertz CT molecular complexity index is 1040. The molecule has 1 aliphatic heterocycles. The number of benzene rings is 3. The second-order valence-electron chi connectivity index (χ2n) is 7.06. The van der Waals surface area contributed by atoms with Crippen LogP contribution in [0.4, 0.5) is 10.1 Å². The number of rotatable bonds is 7. The Hall–Kier alpha value is -3.32. The van der Waals surface area contributed by atoms with Gasteiger partial charge in [0.05, 0.1) is 6.61 Å². The molecule has 3 aromatic rings. The standard InChI is InChI=1S/C24H23FN2O3S/c1-2-28-21-10-8-20(9-11-21)26-24(31)27(14-17-3-6-19(25)7-4-17)15-18-5-12-22-23(13-18)30-16-29-22/h3-13H,2,14-16H2,1H3,(H,26,31). The second kappa shape index (κ2) is 9.66. The van der Waals surface area contributed by atoms with Gasteiger partial charge in [-0.1, -0.05) is 18.2 Å². The molecule has 0 fully saturated rings. The Morgan fingerprint density at radius 3 is 2.39 bits per heavy atom. The van der Waals surface area contributed by atoms with E-state index in [9.17, 15) is 4.39 Å². The van der Waals surface area contributed by atoms with Gasteiger partial charge in [0.25, 0.3) is 0 Å². The first-order valence-electron chi connectivity index (χ1n) is 10.0. The predicted molar refractivity (Wildman–Crippen MR) is 122 cm³/mol. The van der Waals surface area contributed by atoms with Crippen LogP contribution in [-0.4, -0.2) is 23.4 Å². The topological polar surface area (TPSA) is 43.0 Å². The van der Waals surface area contributed by atoms with Gasteiger partial charge in [-0.15, -0.1) is 0 Å². The zero-order valence-electron chi connectivity index (χ0n) is 17.1. The summed E-state index contributed by atoms with van der Waals surface area (Å²) in [5, 5.41) is 3.85. The molecule has 1 N–H and O–H groups in total. The molecular weight excluding hydrogens is 415 g/mol. The molecule has 0 radical (unpaired) electrons. The molecule has 1 aliphatic rings. The molecule has 3 aromatic carbocycles. The number of nitrogens with one attached hydrogen (secondary N) is 1. The maximum Gasteiger partial charge on any atom is 0.231 e. The summed E-state index contributed by atoms with van der Waals surface area (Å²) in [5.74, 6) is 2.01. The van der Waals surface area contributed by atoms with Crippen LogP contribution in [0.5, 0.6) is 17.2 Å². The highest BCUT2D eigenvalue weighted by Gasteiger charge is 2.17. The van der Waals surface area contributed by atoms with Crippen molar-refractivity contribution in [2.45, 2.75) is 20.0 Å². The Morgan fingerprint density at radius 2 is 1.65 bits per heavy atom. The normalized spacial score (nSPS) is 11.8. The van der Waals surface area contributed by atoms with Crippen LogP contribution in [0.15, 0.2) is 66.7 Å². The fourth-order valence-corrected chi connectivity index (χ4v) is 3.52. The summed E-state index contributed by atoms with van der Waals surface area (Å²) >= 11 is 5.72. The summed E-state index contributed by atoms with van der Waals surface area (Å²) < 4.78 is 29.7. The summed E-state index contributed by atoms with van der Waals surface area (Å²) in [6.45, 7) is 3.88. The van der Waals surface area contributed by atoms with Crippen LogP contribution in [0.3, 0.4) is 0 Å². The zero-order chi connectivity index (χ0) is 21.6. The fourth-order valence-electron chi connectivity index (χ4n) is 3.27. The molecule has 0 bridgehead atoms. The molecule has 0 aliphatic carbocycles. The monoisotopic (exact) mass is 438 g/mol. The van der Waals surface area contributed by atoms with Crippen molar-refractivity contribution in [2.24, 2.45) is 0 Å². The Kier molecular flexibility index (Phi) is 6.52. The van der Waals surface area contributed by atoms with Crippen LogP contribution < -0.4 is 19.5 Å². The van der Waals surface area contributed by atoms with Gasteiger partial charge in [-0.3, -0.25) is 0 Å². The average Bonchev–Trinajstić information content (AvgIpc) is 3.24. The van der Waals surface area contributed by atoms with Gasteiger partial charge in [-0.25, -0.2) is 4.39 Å². The van der Waals surface area contributed by atoms with Crippen molar-refractivity contribution >= 4 is 23.0 Å². The van der Waals surface area contributed by atoms with Gasteiger partial charge >= 0.3 is 0 Å². The first-order chi connectivity index (χ1) is 15.1. The maximum absolute atomic E-state index is 13.3. The molecule has 0 saturated carbocycles. The van der Waals surface area contributed by atoms with Crippen LogP contribution in [-0.2, 0) is 13.1 Å². The molecule has 1 heterocycles. The van der Waals surface area contributed by atoms with E-state index in [1.54, 1.807) is 12.1 Å². The SMILES string of the molecule is CCOc1ccc(NC(=S)N(Cc2ccc(F)cc2)Cc2ccc3c(c2)OCO3)cc1. The number of fused-ring (bicyclic) bond motifs is 1. The van der Waals surface area contributed by atoms with Crippen molar-refractivity contribution in [3.05, 3.63) is 83.7 Å². The van der Waals surface area contributed by atoms with E-state index < -0.39 is 0 Å². The van der Waals surface area contributed by atoms with E-state index in [1.807, 2.05) is 54.3 Å². The van der Waals surface area contributed by atoms with Crippen LogP contribution in [0.1, 0.15) is 18.1 Å². The molecule has 5 nitrogen and oxygen atoms in total. The molecule has 0 unspecified atom stereocenters. The lowest BCUT2D eigenvalue weighted by Crippen LogP contribution is -2.33. The molecular formula is C24H23FN2O3S. The van der Waals surface area contributed by atoms with E-state index >= 15 is 0 Å². The summed E-state index contributed by atoms with van der Waals surface area (Å²) in [6.07, 6.45) is 0. The van der Waals surface area contributed by atoms with E-state index in [2.05, 4.69) is 5.32 Å². The molecule has 160 valence electrons. The van der Waals surface area contributed by atoms with Gasteiger partial charge in [-0.05, 0) is 78.8 Å². The van der Waals surface area contributed by atoms with Crippen molar-refractivity contribution in [1.82, 2.24) is 4.90 Å². The largest absolute Gasteiger partial charge is 0.494 e. The van der Waals surface area contributed by atoms with Crippen LogP contribution in [0, 0.1) is 5.82 Å². The summed E-state index contributed by atoms with van der Waals surface area (Å²) in [5.41, 5.74) is 2.85. The maximum atomic E-state index is 13.3. The number of anilines is 1. The quantitative estimate of drug-likeness (QED) is 0.502. The van der Waals surface area contributed by atoms with Gasteiger partial charge < -0.3 is 24.4 Å². The van der Waals surface area contributed by atoms with Gasteiger partial charge in [0, 0.05) is 18.8 Å². The smallest absolute Gasteiger partial charge is 0.231 e. The third-order valence-electron chi connectivity index (χ3n) is 4.80. The number of thiocarbonyl (C=S) groups is 1. The minimum Gasteiger partial charge on any atom is -0.494 e.